The summed E-state index contributed by atoms with van der Waals surface area (Å²) >= 11 is 0. The molecule has 1 aromatic rings. The first kappa shape index (κ1) is 18.2. The minimum absolute atomic E-state index is 0. The SMILES string of the molecule is C.ONC1=NC(c2cccc(OC(F)(F)F)c2)=NC12CCNCC2. The van der Waals surface area contributed by atoms with Gasteiger partial charge in [0, 0.05) is 5.56 Å². The lowest BCUT2D eigenvalue weighted by Crippen LogP contribution is -2.49. The molecule has 0 saturated carbocycles. The Morgan fingerprint density at radius 1 is 1.25 bits per heavy atom. The summed E-state index contributed by atoms with van der Waals surface area (Å²) in [7, 11) is 0. The van der Waals surface area contributed by atoms with E-state index in [0.717, 1.165) is 0 Å². The van der Waals surface area contributed by atoms with Crippen molar-refractivity contribution < 1.29 is 23.1 Å². The minimum Gasteiger partial charge on any atom is -0.406 e. The Balaban J connectivity index is 0.00000208. The van der Waals surface area contributed by atoms with Crippen molar-refractivity contribution in [1.82, 2.24) is 10.8 Å². The molecule has 0 aromatic heterocycles. The third-order valence-corrected chi connectivity index (χ3v) is 3.84. The van der Waals surface area contributed by atoms with Crippen LogP contribution in [-0.2, 0) is 0 Å². The third kappa shape index (κ3) is 3.68. The van der Waals surface area contributed by atoms with E-state index in [1.807, 2.05) is 0 Å². The van der Waals surface area contributed by atoms with E-state index in [-0.39, 0.29) is 19.0 Å². The molecule has 0 radical (unpaired) electrons. The Hall–Kier alpha value is -2.13. The number of rotatable bonds is 2. The highest BCUT2D eigenvalue weighted by Crippen LogP contribution is 2.31. The second kappa shape index (κ2) is 6.78. The number of benzene rings is 1. The molecule has 2 heterocycles. The van der Waals surface area contributed by atoms with Crippen molar-refractivity contribution in [3.05, 3.63) is 29.8 Å². The van der Waals surface area contributed by atoms with Gasteiger partial charge in [0.05, 0.1) is 0 Å². The average molecular weight is 344 g/mol. The molecule has 3 rings (SSSR count). The molecule has 1 saturated heterocycles. The van der Waals surface area contributed by atoms with Gasteiger partial charge in [-0.05, 0) is 38.1 Å². The van der Waals surface area contributed by atoms with Gasteiger partial charge in [-0.25, -0.2) is 4.99 Å². The van der Waals surface area contributed by atoms with Crippen molar-refractivity contribution in [3.63, 3.8) is 0 Å². The van der Waals surface area contributed by atoms with Crippen molar-refractivity contribution in [3.8, 4) is 5.75 Å². The monoisotopic (exact) mass is 344 g/mol. The summed E-state index contributed by atoms with van der Waals surface area (Å²) in [5.41, 5.74) is 1.81. The molecule has 0 unspecified atom stereocenters. The molecule has 2 aliphatic rings. The van der Waals surface area contributed by atoms with Crippen LogP contribution in [0.1, 0.15) is 25.8 Å². The number of nitrogens with one attached hydrogen (secondary N) is 2. The van der Waals surface area contributed by atoms with Gasteiger partial charge in [-0.2, -0.15) is 0 Å². The summed E-state index contributed by atoms with van der Waals surface area (Å²) in [6, 6.07) is 5.47. The van der Waals surface area contributed by atoms with Gasteiger partial charge in [0.15, 0.2) is 11.7 Å². The van der Waals surface area contributed by atoms with E-state index < -0.39 is 11.9 Å². The molecule has 2 aliphatic heterocycles. The third-order valence-electron chi connectivity index (χ3n) is 3.84. The van der Waals surface area contributed by atoms with Crippen molar-refractivity contribution in [2.75, 3.05) is 13.1 Å². The second-order valence-corrected chi connectivity index (χ2v) is 5.36. The average Bonchev–Trinajstić information content (AvgIpc) is 2.85. The summed E-state index contributed by atoms with van der Waals surface area (Å²) in [6.45, 7) is 1.43. The zero-order valence-electron chi connectivity index (χ0n) is 12.0. The van der Waals surface area contributed by atoms with Crippen LogP contribution in [0.25, 0.3) is 0 Å². The maximum atomic E-state index is 12.3. The zero-order chi connectivity index (χ0) is 16.5. The van der Waals surface area contributed by atoms with Crippen LogP contribution in [0, 0.1) is 0 Å². The lowest BCUT2D eigenvalue weighted by atomic mass is 9.88. The topological polar surface area (TPSA) is 78.2 Å². The molecule has 0 amide bonds. The van der Waals surface area contributed by atoms with Crippen molar-refractivity contribution in [2.24, 2.45) is 9.98 Å². The molecule has 1 fully saturated rings. The molecule has 24 heavy (non-hydrogen) atoms. The largest absolute Gasteiger partial charge is 0.573 e. The van der Waals surface area contributed by atoms with E-state index in [9.17, 15) is 18.4 Å². The van der Waals surface area contributed by atoms with E-state index >= 15 is 0 Å². The number of ether oxygens (including phenoxy) is 1. The number of aliphatic imine (C=N–C) groups is 2. The quantitative estimate of drug-likeness (QED) is 0.720. The van der Waals surface area contributed by atoms with Crippen LogP contribution in [0.3, 0.4) is 0 Å². The fourth-order valence-electron chi connectivity index (χ4n) is 2.77. The first-order chi connectivity index (χ1) is 10.9. The van der Waals surface area contributed by atoms with Gasteiger partial charge in [-0.1, -0.05) is 19.6 Å². The zero-order valence-corrected chi connectivity index (χ0v) is 12.0. The first-order valence-corrected chi connectivity index (χ1v) is 7.08. The van der Waals surface area contributed by atoms with Crippen molar-refractivity contribution in [2.45, 2.75) is 32.2 Å². The molecule has 6 nitrogen and oxygen atoms in total. The fourth-order valence-corrected chi connectivity index (χ4v) is 2.77. The summed E-state index contributed by atoms with van der Waals surface area (Å²) in [5, 5.41) is 12.5. The van der Waals surface area contributed by atoms with E-state index in [1.165, 1.54) is 18.2 Å². The number of hydroxylamine groups is 1. The van der Waals surface area contributed by atoms with Crippen LogP contribution in [0.5, 0.6) is 5.75 Å². The number of alkyl halides is 3. The maximum Gasteiger partial charge on any atom is 0.573 e. The molecule has 9 heteroatoms. The minimum atomic E-state index is -4.76. The lowest BCUT2D eigenvalue weighted by Gasteiger charge is -2.31. The fraction of sp³-hybridized carbons (Fsp3) is 0.467. The summed E-state index contributed by atoms with van der Waals surface area (Å²) < 4.78 is 40.9. The summed E-state index contributed by atoms with van der Waals surface area (Å²) in [6.07, 6.45) is -3.48. The van der Waals surface area contributed by atoms with E-state index in [2.05, 4.69) is 25.5 Å². The highest BCUT2D eigenvalue weighted by atomic mass is 19.4. The number of halogens is 3. The van der Waals surface area contributed by atoms with Crippen molar-refractivity contribution >= 4 is 11.7 Å². The molecular formula is C15H19F3N4O2. The van der Waals surface area contributed by atoms with Crippen LogP contribution >= 0.6 is 0 Å². The van der Waals surface area contributed by atoms with Crippen LogP contribution in [0.2, 0.25) is 0 Å². The van der Waals surface area contributed by atoms with Crippen LogP contribution < -0.4 is 15.5 Å². The molecule has 0 bridgehead atoms. The van der Waals surface area contributed by atoms with Crippen molar-refractivity contribution in [1.29, 1.82) is 0 Å². The number of amidine groups is 2. The van der Waals surface area contributed by atoms with Crippen LogP contribution in [-0.4, -0.2) is 41.9 Å². The Morgan fingerprint density at radius 2 is 1.96 bits per heavy atom. The Bertz CT molecular complexity index is 652. The number of hydrogen-bond acceptors (Lipinski definition) is 6. The molecule has 0 atom stereocenters. The molecular weight excluding hydrogens is 325 g/mol. The molecule has 3 N–H and O–H groups in total. The molecule has 132 valence electrons. The van der Waals surface area contributed by atoms with Gasteiger partial charge in [-0.15, -0.1) is 13.2 Å². The standard InChI is InChI=1S/C14H15F3N4O2.CH4/c15-14(16,17)23-10-3-1-2-9(8-10)11-19-12(21-22)13(20-11)4-6-18-7-5-13;/h1-3,8,18,22H,4-7H2,(H,19,20,21);1H4. The highest BCUT2D eigenvalue weighted by molar-refractivity contribution is 6.13. The van der Waals surface area contributed by atoms with Gasteiger partial charge >= 0.3 is 6.36 Å². The Morgan fingerprint density at radius 3 is 2.58 bits per heavy atom. The number of piperidine rings is 1. The second-order valence-electron chi connectivity index (χ2n) is 5.36. The van der Waals surface area contributed by atoms with Gasteiger partial charge in [0.2, 0.25) is 0 Å². The van der Waals surface area contributed by atoms with Gasteiger partial charge in [0.1, 0.15) is 11.3 Å². The Labute approximate surface area is 137 Å². The van der Waals surface area contributed by atoms with Gasteiger partial charge in [0.25, 0.3) is 0 Å². The Kier molecular flexibility index (Phi) is 5.14. The normalized spacial score (nSPS) is 19.3. The van der Waals surface area contributed by atoms with Gasteiger partial charge < -0.3 is 10.1 Å². The van der Waals surface area contributed by atoms with Crippen LogP contribution in [0.4, 0.5) is 13.2 Å². The van der Waals surface area contributed by atoms with E-state index in [0.29, 0.717) is 37.3 Å². The predicted molar refractivity (Wildman–Crippen MR) is 83.6 cm³/mol. The summed E-state index contributed by atoms with van der Waals surface area (Å²) in [4.78, 5) is 8.79. The number of nitrogens with zero attached hydrogens (tertiary/aromatic N) is 2. The maximum absolute atomic E-state index is 12.3. The first-order valence-electron chi connectivity index (χ1n) is 7.08. The predicted octanol–water partition coefficient (Wildman–Crippen LogP) is 2.48. The molecule has 0 aliphatic carbocycles. The smallest absolute Gasteiger partial charge is 0.406 e. The molecule has 1 aromatic carbocycles. The molecule has 1 spiro atoms. The van der Waals surface area contributed by atoms with E-state index in [4.69, 9.17) is 0 Å². The van der Waals surface area contributed by atoms with E-state index in [1.54, 1.807) is 6.07 Å². The highest BCUT2D eigenvalue weighted by Gasteiger charge is 2.41. The number of hydrogen-bond donors (Lipinski definition) is 3. The van der Waals surface area contributed by atoms with Gasteiger partial charge in [-0.3, -0.25) is 15.7 Å². The lowest BCUT2D eigenvalue weighted by molar-refractivity contribution is -0.274. The summed E-state index contributed by atoms with van der Waals surface area (Å²) in [5.74, 6) is 0.255. The van der Waals surface area contributed by atoms with Crippen LogP contribution in [0.15, 0.2) is 34.3 Å².